The molecule has 0 unspecified atom stereocenters. The lowest BCUT2D eigenvalue weighted by Gasteiger charge is -2.01. The molecule has 104 valence electrons. The average molecular weight is 313 g/mol. The summed E-state index contributed by atoms with van der Waals surface area (Å²) in [6.45, 7) is 0.729. The van der Waals surface area contributed by atoms with Gasteiger partial charge in [-0.25, -0.2) is 9.50 Å². The average Bonchev–Trinajstić information content (AvgIpc) is 3.22. The van der Waals surface area contributed by atoms with Crippen LogP contribution in [0.5, 0.6) is 0 Å². The first kappa shape index (κ1) is 12.5. The molecule has 5 nitrogen and oxygen atoms in total. The molecule has 0 saturated heterocycles. The van der Waals surface area contributed by atoms with Gasteiger partial charge in [-0.1, -0.05) is 11.3 Å². The molecule has 1 N–H and O–H groups in total. The Labute approximate surface area is 128 Å². The molecule has 0 aliphatic rings. The Kier molecular flexibility index (Phi) is 3.13. The Morgan fingerprint density at radius 2 is 2.10 bits per heavy atom. The lowest BCUT2D eigenvalue weighted by atomic mass is 10.3. The van der Waals surface area contributed by atoms with Gasteiger partial charge < -0.3 is 5.32 Å². The Bertz CT molecular complexity index is 848. The van der Waals surface area contributed by atoms with Gasteiger partial charge in [0.1, 0.15) is 0 Å². The summed E-state index contributed by atoms with van der Waals surface area (Å²) in [5.74, 6) is 0. The first-order valence-electron chi connectivity index (χ1n) is 6.40. The van der Waals surface area contributed by atoms with Gasteiger partial charge in [0.15, 0.2) is 0 Å². The van der Waals surface area contributed by atoms with E-state index in [4.69, 9.17) is 0 Å². The van der Waals surface area contributed by atoms with Crippen LogP contribution in [0.1, 0.15) is 5.56 Å². The number of rotatable bonds is 4. The Morgan fingerprint density at radius 3 is 2.90 bits per heavy atom. The van der Waals surface area contributed by atoms with Crippen molar-refractivity contribution in [2.75, 3.05) is 5.32 Å². The van der Waals surface area contributed by atoms with Gasteiger partial charge in [0.2, 0.25) is 10.1 Å². The van der Waals surface area contributed by atoms with Gasteiger partial charge in [0.25, 0.3) is 0 Å². The standard InChI is InChI=1S/C14H11N5S2/c1-4-15-5-2-10(1)7-16-13-18-19-12(8-17-14(19)21-13)11-3-6-20-9-11/h1-6,8-9H,7H2,(H,16,18). The molecule has 0 bridgehead atoms. The topological polar surface area (TPSA) is 55.1 Å². The zero-order chi connectivity index (χ0) is 14.1. The maximum atomic E-state index is 4.59. The van der Waals surface area contributed by atoms with Crippen LogP contribution in [0.2, 0.25) is 0 Å². The molecule has 0 saturated carbocycles. The van der Waals surface area contributed by atoms with Crippen LogP contribution in [-0.4, -0.2) is 19.6 Å². The van der Waals surface area contributed by atoms with E-state index in [1.165, 1.54) is 5.56 Å². The van der Waals surface area contributed by atoms with Crippen LogP contribution in [0.3, 0.4) is 0 Å². The number of aromatic nitrogens is 4. The van der Waals surface area contributed by atoms with Gasteiger partial charge in [-0.05, 0) is 29.1 Å². The summed E-state index contributed by atoms with van der Waals surface area (Å²) < 4.78 is 1.89. The predicted molar refractivity (Wildman–Crippen MR) is 85.7 cm³/mol. The van der Waals surface area contributed by atoms with E-state index in [0.717, 1.165) is 27.9 Å². The second-order valence-corrected chi connectivity index (χ2v) is 6.20. The van der Waals surface area contributed by atoms with Crippen LogP contribution < -0.4 is 5.32 Å². The molecule has 0 aliphatic carbocycles. The lowest BCUT2D eigenvalue weighted by molar-refractivity contribution is 0.968. The summed E-state index contributed by atoms with van der Waals surface area (Å²) in [6, 6.07) is 6.06. The molecule has 4 aromatic rings. The maximum absolute atomic E-state index is 4.59. The van der Waals surface area contributed by atoms with E-state index >= 15 is 0 Å². The second-order valence-electron chi connectivity index (χ2n) is 4.47. The van der Waals surface area contributed by atoms with Crippen LogP contribution in [-0.2, 0) is 6.54 Å². The highest BCUT2D eigenvalue weighted by Crippen LogP contribution is 2.27. The maximum Gasteiger partial charge on any atom is 0.214 e. The minimum Gasteiger partial charge on any atom is -0.356 e. The summed E-state index contributed by atoms with van der Waals surface area (Å²) in [6.07, 6.45) is 5.45. The Hall–Kier alpha value is -2.25. The van der Waals surface area contributed by atoms with Crippen molar-refractivity contribution in [3.8, 4) is 11.3 Å². The second kappa shape index (κ2) is 5.27. The van der Waals surface area contributed by atoms with Crippen molar-refractivity contribution in [2.24, 2.45) is 0 Å². The molecule has 0 aliphatic heterocycles. The molecular formula is C14H11N5S2. The number of imidazole rings is 1. The third kappa shape index (κ3) is 2.41. The zero-order valence-corrected chi connectivity index (χ0v) is 12.6. The highest BCUT2D eigenvalue weighted by atomic mass is 32.1. The van der Waals surface area contributed by atoms with Crippen LogP contribution in [0.25, 0.3) is 16.2 Å². The first-order chi connectivity index (χ1) is 10.4. The molecule has 0 aromatic carbocycles. The molecule has 0 atom stereocenters. The summed E-state index contributed by atoms with van der Waals surface area (Å²) in [5.41, 5.74) is 3.36. The quantitative estimate of drug-likeness (QED) is 0.626. The van der Waals surface area contributed by atoms with Crippen LogP contribution in [0.4, 0.5) is 5.13 Å². The number of anilines is 1. The number of hydrogen-bond acceptors (Lipinski definition) is 6. The molecule has 0 fully saturated rings. The van der Waals surface area contributed by atoms with Crippen molar-refractivity contribution >= 4 is 32.8 Å². The molecule has 0 spiro atoms. The molecule has 7 heteroatoms. The smallest absolute Gasteiger partial charge is 0.214 e. The molecular weight excluding hydrogens is 302 g/mol. The van der Waals surface area contributed by atoms with E-state index in [-0.39, 0.29) is 0 Å². The third-order valence-electron chi connectivity index (χ3n) is 3.10. The van der Waals surface area contributed by atoms with Crippen molar-refractivity contribution in [1.82, 2.24) is 19.6 Å². The molecule has 0 amide bonds. The molecule has 4 rings (SSSR count). The van der Waals surface area contributed by atoms with Crippen LogP contribution >= 0.6 is 22.7 Å². The third-order valence-corrected chi connectivity index (χ3v) is 4.66. The van der Waals surface area contributed by atoms with E-state index < -0.39 is 0 Å². The van der Waals surface area contributed by atoms with E-state index in [1.54, 1.807) is 35.1 Å². The Balaban J connectivity index is 1.60. The van der Waals surface area contributed by atoms with Gasteiger partial charge in [0.05, 0.1) is 11.9 Å². The minimum atomic E-state index is 0.729. The van der Waals surface area contributed by atoms with Crippen molar-refractivity contribution in [1.29, 1.82) is 0 Å². The Morgan fingerprint density at radius 1 is 1.19 bits per heavy atom. The fourth-order valence-electron chi connectivity index (χ4n) is 2.05. The fraction of sp³-hybridized carbons (Fsp3) is 0.0714. The lowest BCUT2D eigenvalue weighted by Crippen LogP contribution is -1.99. The summed E-state index contributed by atoms with van der Waals surface area (Å²) in [4.78, 5) is 9.33. The fourth-order valence-corrected chi connectivity index (χ4v) is 3.47. The van der Waals surface area contributed by atoms with Gasteiger partial charge in [0, 0.05) is 29.9 Å². The van der Waals surface area contributed by atoms with Gasteiger partial charge >= 0.3 is 0 Å². The number of fused-ring (bicyclic) bond motifs is 1. The van der Waals surface area contributed by atoms with Crippen molar-refractivity contribution in [3.05, 3.63) is 53.1 Å². The van der Waals surface area contributed by atoms with Gasteiger partial charge in [-0.2, -0.15) is 11.3 Å². The number of hydrogen-bond donors (Lipinski definition) is 1. The van der Waals surface area contributed by atoms with Gasteiger partial charge in [-0.3, -0.25) is 4.98 Å². The number of thiophene rings is 1. The summed E-state index contributed by atoms with van der Waals surface area (Å²) in [5, 5.41) is 13.0. The molecule has 0 radical (unpaired) electrons. The first-order valence-corrected chi connectivity index (χ1v) is 8.16. The van der Waals surface area contributed by atoms with Crippen molar-refractivity contribution < 1.29 is 0 Å². The van der Waals surface area contributed by atoms with E-state index in [9.17, 15) is 0 Å². The monoisotopic (exact) mass is 313 g/mol. The van der Waals surface area contributed by atoms with Crippen molar-refractivity contribution in [2.45, 2.75) is 6.54 Å². The van der Waals surface area contributed by atoms with E-state index in [2.05, 4.69) is 37.2 Å². The molecule has 4 heterocycles. The zero-order valence-electron chi connectivity index (χ0n) is 10.9. The largest absolute Gasteiger partial charge is 0.356 e. The number of nitrogens with zero attached hydrogens (tertiary/aromatic N) is 4. The van der Waals surface area contributed by atoms with Crippen molar-refractivity contribution in [3.63, 3.8) is 0 Å². The predicted octanol–water partition coefficient (Wildman–Crippen LogP) is 3.53. The van der Waals surface area contributed by atoms with Gasteiger partial charge in [-0.15, -0.1) is 5.10 Å². The minimum absolute atomic E-state index is 0.729. The van der Waals surface area contributed by atoms with E-state index in [0.29, 0.717) is 0 Å². The highest BCUT2D eigenvalue weighted by molar-refractivity contribution is 7.20. The highest BCUT2D eigenvalue weighted by Gasteiger charge is 2.11. The SMILES string of the molecule is c1cc(CNc2nn3c(-c4ccsc4)cnc3s2)ccn1. The van der Waals surface area contributed by atoms with Crippen LogP contribution in [0.15, 0.2) is 47.5 Å². The summed E-state index contributed by atoms with van der Waals surface area (Å²) in [7, 11) is 0. The van der Waals surface area contributed by atoms with Crippen LogP contribution in [0, 0.1) is 0 Å². The number of pyridine rings is 1. The molecule has 4 aromatic heterocycles. The normalized spacial score (nSPS) is 11.0. The summed E-state index contributed by atoms with van der Waals surface area (Å²) >= 11 is 3.23. The number of nitrogens with one attached hydrogen (secondary N) is 1. The van der Waals surface area contributed by atoms with E-state index in [1.807, 2.05) is 22.8 Å². The molecule has 21 heavy (non-hydrogen) atoms.